The number of carbonyl (C=O) groups excluding carboxylic acids is 2. The summed E-state index contributed by atoms with van der Waals surface area (Å²) in [5.41, 5.74) is -0.964. The first-order chi connectivity index (χ1) is 19.3. The first kappa shape index (κ1) is 32.5. The molecule has 0 bridgehead atoms. The number of methoxy groups -OCH3 is 1. The maximum absolute atomic E-state index is 16.5. The van der Waals surface area contributed by atoms with Crippen LogP contribution in [0, 0.1) is 5.82 Å². The second kappa shape index (κ2) is 13.8. The molecule has 1 spiro atoms. The van der Waals surface area contributed by atoms with E-state index in [0.29, 0.717) is 35.9 Å². The molecule has 1 amide bonds. The zero-order valence-corrected chi connectivity index (χ0v) is 24.5. The van der Waals surface area contributed by atoms with Crippen LogP contribution in [0.5, 0.6) is 5.75 Å². The molecule has 0 atom stereocenters. The number of nitrogens with zero attached hydrogens (tertiary/aromatic N) is 1. The average Bonchev–Trinajstić information content (AvgIpc) is 3.33. The first-order valence-corrected chi connectivity index (χ1v) is 14.4. The van der Waals surface area contributed by atoms with Crippen molar-refractivity contribution in [2.45, 2.75) is 51.4 Å². The van der Waals surface area contributed by atoms with Crippen molar-refractivity contribution in [2.75, 3.05) is 57.8 Å². The summed E-state index contributed by atoms with van der Waals surface area (Å²) in [5, 5.41) is 0. The molecule has 41 heavy (non-hydrogen) atoms. The van der Waals surface area contributed by atoms with Gasteiger partial charge in [-0.2, -0.15) is 8.42 Å². The van der Waals surface area contributed by atoms with Crippen LogP contribution in [0.15, 0.2) is 18.7 Å². The number of anilines is 1. The van der Waals surface area contributed by atoms with Crippen molar-refractivity contribution in [2.24, 2.45) is 0 Å². The molecular weight excluding hydrogens is 567 g/mol. The second-order valence-electron chi connectivity index (χ2n) is 10.2. The van der Waals surface area contributed by atoms with E-state index < -0.39 is 51.7 Å². The van der Waals surface area contributed by atoms with Crippen LogP contribution in [0.2, 0.25) is 0 Å². The van der Waals surface area contributed by atoms with E-state index in [1.165, 1.54) is 19.3 Å². The number of fused-ring (bicyclic) bond motifs is 1. The third kappa shape index (κ3) is 8.75. The third-order valence-corrected chi connectivity index (χ3v) is 7.26. The number of hydrogen-bond acceptors (Lipinski definition) is 11. The van der Waals surface area contributed by atoms with Crippen LogP contribution < -0.4 is 13.8 Å². The molecule has 0 aromatic heterocycles. The summed E-state index contributed by atoms with van der Waals surface area (Å²) < 4.78 is 83.1. The Morgan fingerprint density at radius 3 is 2.59 bits per heavy atom. The van der Waals surface area contributed by atoms with E-state index in [2.05, 4.69) is 6.58 Å². The number of aryl methyl sites for hydroxylation is 1. The number of ether oxygens (including phenoxy) is 7. The highest BCUT2D eigenvalue weighted by atomic mass is 32.2. The minimum Gasteiger partial charge on any atom is -0.465 e. The van der Waals surface area contributed by atoms with Crippen LogP contribution in [-0.2, 0) is 56.3 Å². The van der Waals surface area contributed by atoms with Gasteiger partial charge >= 0.3 is 22.3 Å². The number of nitrogens with one attached hydrogen (secondary N) is 1. The minimum atomic E-state index is -4.96. The van der Waals surface area contributed by atoms with Crippen molar-refractivity contribution in [3.05, 3.63) is 35.7 Å². The minimum absolute atomic E-state index is 0.0130. The summed E-state index contributed by atoms with van der Waals surface area (Å²) in [7, 11) is -3.48. The largest absolute Gasteiger partial charge is 0.465 e. The van der Waals surface area contributed by atoms with Crippen molar-refractivity contribution in [1.29, 1.82) is 0 Å². The van der Waals surface area contributed by atoms with E-state index in [-0.39, 0.29) is 44.3 Å². The number of rotatable bonds is 13. The summed E-state index contributed by atoms with van der Waals surface area (Å²) >= 11 is 0. The molecule has 0 saturated carbocycles. The van der Waals surface area contributed by atoms with Gasteiger partial charge in [-0.1, -0.05) is 12.7 Å². The SMILES string of the molecule is C=CCOC(=O)NS(=O)(=O)N(CC(=O)OC(C)(C)C)c1c(OCOCCOC)cc2c(c1F)CC1(CC2)OCCO1. The van der Waals surface area contributed by atoms with Gasteiger partial charge in [0.25, 0.3) is 0 Å². The first-order valence-electron chi connectivity index (χ1n) is 12.9. The molecule has 1 aromatic carbocycles. The van der Waals surface area contributed by atoms with Crippen LogP contribution in [0.1, 0.15) is 38.3 Å². The Morgan fingerprint density at radius 2 is 1.95 bits per heavy atom. The molecule has 1 N–H and O–H groups in total. The van der Waals surface area contributed by atoms with Crippen LogP contribution in [0.4, 0.5) is 14.9 Å². The molecule has 1 aliphatic carbocycles. The van der Waals surface area contributed by atoms with Crippen LogP contribution in [0.3, 0.4) is 0 Å². The molecule has 13 nitrogen and oxygen atoms in total. The molecule has 3 rings (SSSR count). The predicted molar refractivity (Wildman–Crippen MR) is 143 cm³/mol. The smallest absolute Gasteiger partial charge is 0.422 e. The highest BCUT2D eigenvalue weighted by Crippen LogP contribution is 2.43. The summed E-state index contributed by atoms with van der Waals surface area (Å²) in [6.45, 7) is 7.53. The van der Waals surface area contributed by atoms with Crippen molar-refractivity contribution >= 4 is 28.0 Å². The molecule has 1 fully saturated rings. The summed E-state index contributed by atoms with van der Waals surface area (Å²) in [6.07, 6.45) is 0.639. The Hall–Kier alpha value is -2.98. The lowest BCUT2D eigenvalue weighted by atomic mass is 9.86. The van der Waals surface area contributed by atoms with E-state index in [0.717, 1.165) is 0 Å². The Balaban J connectivity index is 2.10. The fraction of sp³-hybridized carbons (Fsp3) is 0.615. The van der Waals surface area contributed by atoms with Gasteiger partial charge in [0.05, 0.1) is 26.4 Å². The number of halogens is 1. The van der Waals surface area contributed by atoms with Crippen molar-refractivity contribution in [3.63, 3.8) is 0 Å². The number of benzene rings is 1. The van der Waals surface area contributed by atoms with Gasteiger partial charge in [-0.3, -0.25) is 4.79 Å². The summed E-state index contributed by atoms with van der Waals surface area (Å²) in [6, 6.07) is 1.48. The standard InChI is InChI=1S/C26H37FN2O11S/c1-6-9-36-24(31)28-41(32,33)29(16-21(30)40-25(2,3)4)23-20(37-17-35-11-10-34-5)14-18-7-8-26(38-12-13-39-26)15-19(18)22(23)27/h6,14H,1,7-13,15-17H2,2-5H3,(H,28,31). The van der Waals surface area contributed by atoms with Gasteiger partial charge in [-0.05, 0) is 44.4 Å². The van der Waals surface area contributed by atoms with Crippen molar-refractivity contribution < 1.29 is 55.6 Å². The monoisotopic (exact) mass is 604 g/mol. The van der Waals surface area contributed by atoms with Gasteiger partial charge in [-0.25, -0.2) is 18.2 Å². The number of esters is 1. The normalized spacial score (nSPS) is 16.1. The fourth-order valence-electron chi connectivity index (χ4n) is 4.29. The molecule has 2 aliphatic rings. The third-order valence-electron chi connectivity index (χ3n) is 5.94. The lowest BCUT2D eigenvalue weighted by Crippen LogP contribution is -2.48. The molecule has 0 radical (unpaired) electrons. The Kier molecular flexibility index (Phi) is 10.9. The second-order valence-corrected chi connectivity index (χ2v) is 11.8. The molecule has 230 valence electrons. The van der Waals surface area contributed by atoms with Crippen molar-refractivity contribution in [3.8, 4) is 5.75 Å². The quantitative estimate of drug-likeness (QED) is 0.153. The van der Waals surface area contributed by atoms with E-state index >= 15 is 4.39 Å². The van der Waals surface area contributed by atoms with Gasteiger partial charge in [0.15, 0.2) is 18.4 Å². The van der Waals surface area contributed by atoms with Crippen LogP contribution in [-0.4, -0.2) is 85.4 Å². The van der Waals surface area contributed by atoms with Crippen molar-refractivity contribution in [1.82, 2.24) is 4.72 Å². The number of hydrogen-bond donors (Lipinski definition) is 1. The number of carbonyl (C=O) groups is 2. The maximum atomic E-state index is 16.5. The van der Waals surface area contributed by atoms with Gasteiger partial charge in [0.2, 0.25) is 0 Å². The molecule has 0 unspecified atom stereocenters. The zero-order chi connectivity index (χ0) is 30.3. The van der Waals surface area contributed by atoms with E-state index in [1.807, 2.05) is 0 Å². The molecule has 15 heteroatoms. The van der Waals surface area contributed by atoms with Gasteiger partial charge in [0, 0.05) is 20.0 Å². The fourth-order valence-corrected chi connectivity index (χ4v) is 5.36. The van der Waals surface area contributed by atoms with E-state index in [4.69, 9.17) is 33.2 Å². The maximum Gasteiger partial charge on any atom is 0.422 e. The lowest BCUT2D eigenvalue weighted by Gasteiger charge is -2.35. The zero-order valence-electron chi connectivity index (χ0n) is 23.7. The Morgan fingerprint density at radius 1 is 1.24 bits per heavy atom. The average molecular weight is 605 g/mol. The molecule has 1 aromatic rings. The Labute approximate surface area is 239 Å². The Bertz CT molecular complexity index is 1210. The van der Waals surface area contributed by atoms with Crippen LogP contribution in [0.25, 0.3) is 0 Å². The topological polar surface area (TPSA) is 148 Å². The van der Waals surface area contributed by atoms with Gasteiger partial charge in [0.1, 0.15) is 30.2 Å². The molecule has 1 saturated heterocycles. The highest BCUT2D eigenvalue weighted by Gasteiger charge is 2.43. The van der Waals surface area contributed by atoms with Gasteiger partial charge < -0.3 is 33.2 Å². The highest BCUT2D eigenvalue weighted by molar-refractivity contribution is 7.91. The molecular formula is C26H37FN2O11S. The lowest BCUT2D eigenvalue weighted by molar-refractivity contribution is -0.164. The molecule has 1 heterocycles. The van der Waals surface area contributed by atoms with Crippen LogP contribution >= 0.6 is 0 Å². The van der Waals surface area contributed by atoms with E-state index in [1.54, 1.807) is 25.5 Å². The number of amides is 1. The summed E-state index contributed by atoms with van der Waals surface area (Å²) in [4.78, 5) is 25.1. The van der Waals surface area contributed by atoms with E-state index in [9.17, 15) is 18.0 Å². The van der Waals surface area contributed by atoms with Gasteiger partial charge in [-0.15, -0.1) is 0 Å². The molecule has 1 aliphatic heterocycles. The summed E-state index contributed by atoms with van der Waals surface area (Å²) in [5.74, 6) is -3.31. The predicted octanol–water partition coefficient (Wildman–Crippen LogP) is 2.36.